The Morgan fingerprint density at radius 1 is 1.18 bits per heavy atom. The second-order valence-corrected chi connectivity index (χ2v) is 7.98. The zero-order valence-electron chi connectivity index (χ0n) is 17.2. The molecule has 0 bridgehead atoms. The summed E-state index contributed by atoms with van der Waals surface area (Å²) in [5.74, 6) is -4.15. The Labute approximate surface area is 199 Å². The summed E-state index contributed by atoms with van der Waals surface area (Å²) >= 11 is 11.9. The monoisotopic (exact) mass is 518 g/mol. The molecule has 0 spiro atoms. The zero-order chi connectivity index (χ0) is 24.6. The van der Waals surface area contributed by atoms with Gasteiger partial charge in [-0.15, -0.1) is 0 Å². The second kappa shape index (κ2) is 9.35. The van der Waals surface area contributed by atoms with E-state index in [-0.39, 0.29) is 27.0 Å². The van der Waals surface area contributed by atoms with Gasteiger partial charge in [-0.2, -0.15) is 23.3 Å². The Balaban J connectivity index is 1.69. The average Bonchev–Trinajstić information content (AvgIpc) is 3.33. The number of alkyl halides is 3. The smallest absolute Gasteiger partial charge is 0.398 e. The molecule has 3 heterocycles. The third kappa shape index (κ3) is 4.79. The molecular formula is C20H15Cl2F3N4O5. The highest BCUT2D eigenvalue weighted by molar-refractivity contribution is 6.35. The molecule has 0 saturated carbocycles. The van der Waals surface area contributed by atoms with Crippen molar-refractivity contribution in [1.82, 2.24) is 19.7 Å². The van der Waals surface area contributed by atoms with E-state index < -0.39 is 49.1 Å². The number of rotatable bonds is 5. The van der Waals surface area contributed by atoms with E-state index in [1.54, 1.807) is 18.2 Å². The fraction of sp³-hybridized carbons (Fsp3) is 0.350. The number of halogens is 5. The first-order chi connectivity index (χ1) is 16.1. The minimum atomic E-state index is -4.88. The standard InChI is InChI=1S/C20H15Cl2F3N4O5/c1-9(30)33-14-13(20(23,24)25)12(8-32-18(31)10-5-3-2-4-6-10)34-17(14)29-16-11(7-26-29)15(21)27-19(22)28-16/h2-7,12-14,17H,8H2,1H3/t12-,13+,14-,17-/m1/s1. The number of nitrogens with zero attached hydrogens (tertiary/aromatic N) is 4. The lowest BCUT2D eigenvalue weighted by atomic mass is 9.97. The quantitative estimate of drug-likeness (QED) is 0.283. The summed E-state index contributed by atoms with van der Waals surface area (Å²) in [5.41, 5.74) is 0.117. The topological polar surface area (TPSA) is 105 Å². The Morgan fingerprint density at radius 2 is 1.88 bits per heavy atom. The van der Waals surface area contributed by atoms with E-state index in [0.717, 1.165) is 11.6 Å². The molecule has 1 aromatic carbocycles. The van der Waals surface area contributed by atoms with Gasteiger partial charge in [0.1, 0.15) is 23.8 Å². The molecule has 2 aromatic heterocycles. The van der Waals surface area contributed by atoms with Crippen molar-refractivity contribution in [2.24, 2.45) is 5.92 Å². The largest absolute Gasteiger partial charge is 0.459 e. The van der Waals surface area contributed by atoms with Gasteiger partial charge in [-0.25, -0.2) is 14.5 Å². The molecule has 180 valence electrons. The van der Waals surface area contributed by atoms with Crippen LogP contribution in [0.2, 0.25) is 10.4 Å². The van der Waals surface area contributed by atoms with E-state index in [0.29, 0.717) is 0 Å². The lowest BCUT2D eigenvalue weighted by Crippen LogP contribution is -2.42. The van der Waals surface area contributed by atoms with Crippen LogP contribution >= 0.6 is 23.2 Å². The molecule has 4 rings (SSSR count). The Bertz CT molecular complexity index is 1220. The molecular weight excluding hydrogens is 504 g/mol. The highest BCUT2D eigenvalue weighted by atomic mass is 35.5. The first kappa shape index (κ1) is 24.2. The summed E-state index contributed by atoms with van der Waals surface area (Å²) in [6.45, 7) is 0.201. The molecule has 1 aliphatic rings. The number of fused-ring (bicyclic) bond motifs is 1. The van der Waals surface area contributed by atoms with Gasteiger partial charge in [0.2, 0.25) is 5.28 Å². The zero-order valence-corrected chi connectivity index (χ0v) is 18.7. The van der Waals surface area contributed by atoms with Crippen LogP contribution in [0, 0.1) is 5.92 Å². The van der Waals surface area contributed by atoms with Gasteiger partial charge in [0.05, 0.1) is 17.1 Å². The number of carbonyl (C=O) groups is 2. The maximum atomic E-state index is 14.1. The van der Waals surface area contributed by atoms with Crippen LogP contribution < -0.4 is 0 Å². The Kier molecular flexibility index (Phi) is 6.65. The van der Waals surface area contributed by atoms with Crippen LogP contribution in [0.3, 0.4) is 0 Å². The molecule has 0 N–H and O–H groups in total. The van der Waals surface area contributed by atoms with Gasteiger partial charge in [0.15, 0.2) is 18.0 Å². The van der Waals surface area contributed by atoms with Crippen LogP contribution in [0.25, 0.3) is 11.0 Å². The van der Waals surface area contributed by atoms with Crippen molar-refractivity contribution in [2.45, 2.75) is 31.5 Å². The highest BCUT2D eigenvalue weighted by Crippen LogP contribution is 2.46. The minimum Gasteiger partial charge on any atom is -0.459 e. The molecule has 1 saturated heterocycles. The number of esters is 2. The van der Waals surface area contributed by atoms with Crippen molar-refractivity contribution in [2.75, 3.05) is 6.61 Å². The molecule has 14 heteroatoms. The number of hydrogen-bond donors (Lipinski definition) is 0. The number of ether oxygens (including phenoxy) is 3. The van der Waals surface area contributed by atoms with Crippen molar-refractivity contribution >= 4 is 46.2 Å². The first-order valence-corrected chi connectivity index (χ1v) is 10.5. The van der Waals surface area contributed by atoms with Crippen molar-refractivity contribution in [3.8, 4) is 0 Å². The van der Waals surface area contributed by atoms with Crippen LogP contribution in [-0.2, 0) is 19.0 Å². The normalized spacial score (nSPS) is 22.6. The predicted octanol–water partition coefficient (Wildman–Crippen LogP) is 4.00. The van der Waals surface area contributed by atoms with Gasteiger partial charge in [-0.3, -0.25) is 4.79 Å². The molecule has 1 fully saturated rings. The lowest BCUT2D eigenvalue weighted by molar-refractivity contribution is -0.210. The van der Waals surface area contributed by atoms with Crippen LogP contribution in [-0.4, -0.2) is 56.7 Å². The van der Waals surface area contributed by atoms with E-state index in [9.17, 15) is 22.8 Å². The summed E-state index contributed by atoms with van der Waals surface area (Å²) in [6, 6.07) is 7.73. The fourth-order valence-corrected chi connectivity index (χ4v) is 4.08. The maximum absolute atomic E-state index is 14.1. The number of carbonyl (C=O) groups excluding carboxylic acids is 2. The molecule has 1 aliphatic heterocycles. The lowest BCUT2D eigenvalue weighted by Gasteiger charge is -2.25. The second-order valence-electron chi connectivity index (χ2n) is 7.28. The van der Waals surface area contributed by atoms with Crippen LogP contribution in [0.4, 0.5) is 13.2 Å². The van der Waals surface area contributed by atoms with Crippen LogP contribution in [0.15, 0.2) is 36.5 Å². The summed E-state index contributed by atoms with van der Waals surface area (Å²) in [4.78, 5) is 31.7. The van der Waals surface area contributed by atoms with E-state index in [1.807, 2.05) is 0 Å². The SMILES string of the molecule is CC(=O)O[C@@H]1[C@@H](C(F)(F)F)[C@@H](COC(=O)c2ccccc2)O[C@H]1n1ncc2c(Cl)nc(Cl)nc21. The number of hydrogen-bond acceptors (Lipinski definition) is 8. The van der Waals surface area contributed by atoms with Crippen LogP contribution in [0.5, 0.6) is 0 Å². The van der Waals surface area contributed by atoms with Gasteiger partial charge in [0.25, 0.3) is 0 Å². The number of benzene rings is 1. The Morgan fingerprint density at radius 3 is 2.53 bits per heavy atom. The van der Waals surface area contributed by atoms with E-state index in [4.69, 9.17) is 37.4 Å². The number of aromatic nitrogens is 4. The van der Waals surface area contributed by atoms with Crippen molar-refractivity contribution in [3.63, 3.8) is 0 Å². The predicted molar refractivity (Wildman–Crippen MR) is 111 cm³/mol. The summed E-state index contributed by atoms with van der Waals surface area (Å²) in [7, 11) is 0. The Hall–Kier alpha value is -2.96. The molecule has 0 unspecified atom stereocenters. The van der Waals surface area contributed by atoms with E-state index in [1.165, 1.54) is 18.3 Å². The van der Waals surface area contributed by atoms with Crippen molar-refractivity contribution < 1.29 is 37.0 Å². The molecule has 3 aromatic rings. The first-order valence-electron chi connectivity index (χ1n) is 9.74. The van der Waals surface area contributed by atoms with E-state index in [2.05, 4.69) is 15.1 Å². The van der Waals surface area contributed by atoms with Gasteiger partial charge < -0.3 is 14.2 Å². The third-order valence-electron chi connectivity index (χ3n) is 5.04. The molecule has 0 amide bonds. The van der Waals surface area contributed by atoms with Gasteiger partial charge in [0, 0.05) is 6.92 Å². The molecule has 0 aliphatic carbocycles. The minimum absolute atomic E-state index is 0.0324. The van der Waals surface area contributed by atoms with Crippen molar-refractivity contribution in [3.05, 3.63) is 52.5 Å². The summed E-state index contributed by atoms with van der Waals surface area (Å²) in [5, 5.41) is 3.85. The van der Waals surface area contributed by atoms with E-state index >= 15 is 0 Å². The van der Waals surface area contributed by atoms with Gasteiger partial charge in [-0.1, -0.05) is 29.8 Å². The molecule has 34 heavy (non-hydrogen) atoms. The third-order valence-corrected chi connectivity index (χ3v) is 5.50. The summed E-state index contributed by atoms with van der Waals surface area (Å²) in [6.07, 6.45) is -8.82. The molecule has 9 nitrogen and oxygen atoms in total. The van der Waals surface area contributed by atoms with Crippen LogP contribution in [0.1, 0.15) is 23.5 Å². The molecule has 4 atom stereocenters. The highest BCUT2D eigenvalue weighted by Gasteiger charge is 2.60. The maximum Gasteiger partial charge on any atom is 0.398 e. The summed E-state index contributed by atoms with van der Waals surface area (Å²) < 4.78 is 59.0. The van der Waals surface area contributed by atoms with Gasteiger partial charge in [-0.05, 0) is 23.7 Å². The fourth-order valence-electron chi connectivity index (χ4n) is 3.66. The van der Waals surface area contributed by atoms with Gasteiger partial charge >= 0.3 is 18.1 Å². The molecule has 0 radical (unpaired) electrons. The van der Waals surface area contributed by atoms with Crippen molar-refractivity contribution in [1.29, 1.82) is 0 Å². The average molecular weight is 519 g/mol.